The molecule has 0 saturated heterocycles. The van der Waals surface area contributed by atoms with E-state index in [-0.39, 0.29) is 22.0 Å². The van der Waals surface area contributed by atoms with Crippen molar-refractivity contribution in [3.63, 3.8) is 0 Å². The molecule has 190 valence electrons. The van der Waals surface area contributed by atoms with Crippen LogP contribution in [-0.4, -0.2) is 42.7 Å². The predicted molar refractivity (Wildman–Crippen MR) is 129 cm³/mol. The van der Waals surface area contributed by atoms with Gasteiger partial charge < -0.3 is 9.84 Å². The van der Waals surface area contributed by atoms with Crippen molar-refractivity contribution < 1.29 is 40.8 Å². The average Bonchev–Trinajstić information content (AvgIpc) is 2.88. The summed E-state index contributed by atoms with van der Waals surface area (Å²) in [6.45, 7) is -1.42. The first-order valence-electron chi connectivity index (χ1n) is 10.5. The van der Waals surface area contributed by atoms with E-state index in [1.807, 2.05) is 0 Å². The van der Waals surface area contributed by atoms with Gasteiger partial charge in [-0.25, -0.2) is 27.5 Å². The number of halogens is 3. The van der Waals surface area contributed by atoms with Crippen molar-refractivity contribution in [1.82, 2.24) is 4.98 Å². The maximum absolute atomic E-state index is 15.2. The lowest BCUT2D eigenvalue weighted by Gasteiger charge is -2.16. The van der Waals surface area contributed by atoms with Crippen LogP contribution in [0.5, 0.6) is 5.75 Å². The monoisotopic (exact) mass is 547 g/mol. The summed E-state index contributed by atoms with van der Waals surface area (Å²) < 4.78 is 63.7. The van der Waals surface area contributed by atoms with Crippen LogP contribution in [0.2, 0.25) is 0 Å². The van der Waals surface area contributed by atoms with Gasteiger partial charge in [0.15, 0.2) is 11.3 Å². The fourth-order valence-corrected chi connectivity index (χ4v) is 4.83. The van der Waals surface area contributed by atoms with E-state index in [1.54, 1.807) is 36.4 Å². The molecule has 1 heterocycles. The normalized spacial score (nSPS) is 12.3. The maximum atomic E-state index is 15.2. The highest BCUT2D eigenvalue weighted by atomic mass is 35.5. The Labute approximate surface area is 214 Å². The minimum Gasteiger partial charge on any atom is -0.477 e. The molecule has 4 aromatic rings. The summed E-state index contributed by atoms with van der Waals surface area (Å²) in [5.41, 5.74) is -2.92. The number of aromatic nitrogens is 1. The van der Waals surface area contributed by atoms with Crippen LogP contribution in [0.1, 0.15) is 20.7 Å². The second-order valence-corrected chi connectivity index (χ2v) is 9.49. The molecule has 8 nitrogen and oxygen atoms in total. The summed E-state index contributed by atoms with van der Waals surface area (Å²) in [6.07, 6.45) is 0. The number of nitrogens with zero attached hydrogens (tertiary/aromatic N) is 1. The fraction of sp³-hybridized carbons (Fsp3) is 0.0800. The molecule has 3 aromatic carbocycles. The van der Waals surface area contributed by atoms with E-state index in [2.05, 4.69) is 9.17 Å². The largest absolute Gasteiger partial charge is 0.477 e. The molecule has 0 aliphatic heterocycles. The van der Waals surface area contributed by atoms with E-state index >= 15 is 4.39 Å². The Bertz CT molecular complexity index is 1600. The van der Waals surface area contributed by atoms with Crippen molar-refractivity contribution in [2.24, 2.45) is 0 Å². The van der Waals surface area contributed by atoms with Crippen LogP contribution >= 0.6 is 11.6 Å². The lowest BCUT2D eigenvalue weighted by molar-refractivity contribution is 0.0676. The maximum Gasteiger partial charge on any atom is 0.343 e. The quantitative estimate of drug-likeness (QED) is 0.182. The van der Waals surface area contributed by atoms with Gasteiger partial charge in [-0.05, 0) is 29.8 Å². The van der Waals surface area contributed by atoms with Gasteiger partial charge in [0.1, 0.15) is 18.1 Å². The minimum absolute atomic E-state index is 0.00378. The molecule has 1 aromatic heterocycles. The lowest BCUT2D eigenvalue weighted by Crippen LogP contribution is -2.21. The number of rotatable bonds is 8. The van der Waals surface area contributed by atoms with Crippen LogP contribution < -0.4 is 4.74 Å². The van der Waals surface area contributed by atoms with Gasteiger partial charge in [-0.15, -0.1) is 0 Å². The number of carboxylic acid groups (broad SMARTS) is 1. The smallest absolute Gasteiger partial charge is 0.343 e. The number of pyridine rings is 1. The Balaban J connectivity index is 2.03. The van der Waals surface area contributed by atoms with Crippen molar-refractivity contribution in [1.29, 1.82) is 0 Å². The molecule has 1 N–H and O–H groups in total. The number of carbonyl (C=O) groups excluding carboxylic acids is 1. The lowest BCUT2D eigenvalue weighted by atomic mass is 10.0. The van der Waals surface area contributed by atoms with Gasteiger partial charge in [-0.2, -0.15) is 8.42 Å². The zero-order chi connectivity index (χ0) is 26.7. The summed E-state index contributed by atoms with van der Waals surface area (Å²) in [6, 6.07) is 17.6. The number of benzene rings is 3. The minimum atomic E-state index is -5.10. The van der Waals surface area contributed by atoms with Crippen LogP contribution in [0.25, 0.3) is 22.0 Å². The highest BCUT2D eigenvalue weighted by molar-refractivity contribution is 7.86. The van der Waals surface area contributed by atoms with E-state index in [4.69, 9.17) is 16.3 Å². The fourth-order valence-electron chi connectivity index (χ4n) is 3.48. The molecule has 1 atom stereocenters. The summed E-state index contributed by atoms with van der Waals surface area (Å²) in [5, 5.41) is 8.39. The molecule has 4 rings (SSSR count). The van der Waals surface area contributed by atoms with Gasteiger partial charge in [-0.3, -0.25) is 0 Å². The van der Waals surface area contributed by atoms with Crippen molar-refractivity contribution in [3.05, 3.63) is 89.7 Å². The van der Waals surface area contributed by atoms with Crippen molar-refractivity contribution >= 4 is 44.6 Å². The number of esters is 1. The molecule has 0 radical (unpaired) electrons. The van der Waals surface area contributed by atoms with Gasteiger partial charge in [-0.1, -0.05) is 60.1 Å². The zero-order valence-electron chi connectivity index (χ0n) is 18.6. The average molecular weight is 548 g/mol. The van der Waals surface area contributed by atoms with Crippen LogP contribution in [0.4, 0.5) is 8.78 Å². The molecule has 0 bridgehead atoms. The number of fused-ring (bicyclic) bond motifs is 1. The Hall–Kier alpha value is -3.93. The highest BCUT2D eigenvalue weighted by Crippen LogP contribution is 2.38. The molecule has 0 amide bonds. The summed E-state index contributed by atoms with van der Waals surface area (Å²) in [7, 11) is -5.10. The van der Waals surface area contributed by atoms with Crippen LogP contribution in [0, 0.1) is 5.82 Å². The van der Waals surface area contributed by atoms with E-state index in [0.717, 1.165) is 12.1 Å². The van der Waals surface area contributed by atoms with E-state index in [1.165, 1.54) is 24.3 Å². The number of hydrogen-bond donors (Lipinski definition) is 1. The van der Waals surface area contributed by atoms with Crippen LogP contribution in [0.15, 0.2) is 77.8 Å². The summed E-state index contributed by atoms with van der Waals surface area (Å²) in [5.74, 6) is -4.55. The Morgan fingerprint density at radius 3 is 2.24 bits per heavy atom. The second kappa shape index (κ2) is 10.6. The standard InChI is InChI=1S/C25H16ClF2NO7S/c26-20(13-27)36-37(33,34)23-21(24(30)31)22(35-25(32)15-9-5-2-6-10-15)17-11-18(28)16(12-19(17)29-23)14-7-3-1-4-8-14/h1-12,20H,13H2,(H,30,31). The Kier molecular flexibility index (Phi) is 7.48. The molecule has 12 heteroatoms. The first-order valence-corrected chi connectivity index (χ1v) is 12.3. The van der Waals surface area contributed by atoms with E-state index in [9.17, 15) is 27.5 Å². The molecular formula is C25H16ClF2NO7S. The number of hydrogen-bond acceptors (Lipinski definition) is 7. The van der Waals surface area contributed by atoms with Crippen LogP contribution in [0.3, 0.4) is 0 Å². The number of aromatic carboxylic acids is 1. The Morgan fingerprint density at radius 1 is 1.03 bits per heavy atom. The molecule has 0 spiro atoms. The first-order chi connectivity index (χ1) is 17.6. The molecular weight excluding hydrogens is 532 g/mol. The number of alkyl halides is 2. The molecule has 0 aliphatic carbocycles. The Morgan fingerprint density at radius 2 is 1.65 bits per heavy atom. The SMILES string of the molecule is O=C(Oc1c(C(=O)O)c(S(=O)(=O)OC(Cl)CF)nc2cc(-c3ccccc3)c(F)cc12)c1ccccc1. The van der Waals surface area contributed by atoms with E-state index in [0.29, 0.717) is 5.56 Å². The van der Waals surface area contributed by atoms with Gasteiger partial charge in [0.2, 0.25) is 5.03 Å². The second-order valence-electron chi connectivity index (χ2n) is 7.51. The molecule has 1 unspecified atom stereocenters. The zero-order valence-corrected chi connectivity index (χ0v) is 20.2. The molecule has 37 heavy (non-hydrogen) atoms. The number of carboxylic acids is 1. The number of carbonyl (C=O) groups is 2. The first kappa shape index (κ1) is 26.1. The molecule has 0 fully saturated rings. The van der Waals surface area contributed by atoms with Gasteiger partial charge >= 0.3 is 22.1 Å². The summed E-state index contributed by atoms with van der Waals surface area (Å²) >= 11 is 5.49. The summed E-state index contributed by atoms with van der Waals surface area (Å²) in [4.78, 5) is 28.9. The van der Waals surface area contributed by atoms with Crippen molar-refractivity contribution in [3.8, 4) is 16.9 Å². The van der Waals surface area contributed by atoms with Gasteiger partial charge in [0.05, 0.1) is 11.1 Å². The van der Waals surface area contributed by atoms with Crippen LogP contribution in [-0.2, 0) is 14.3 Å². The third-order valence-electron chi connectivity index (χ3n) is 5.09. The van der Waals surface area contributed by atoms with E-state index < -0.39 is 56.5 Å². The number of ether oxygens (including phenoxy) is 1. The topological polar surface area (TPSA) is 120 Å². The van der Waals surface area contributed by atoms with Gasteiger partial charge in [0.25, 0.3) is 0 Å². The third kappa shape index (κ3) is 5.43. The van der Waals surface area contributed by atoms with Crippen molar-refractivity contribution in [2.75, 3.05) is 6.67 Å². The third-order valence-corrected chi connectivity index (χ3v) is 6.65. The van der Waals surface area contributed by atoms with Gasteiger partial charge in [0, 0.05) is 10.9 Å². The molecule has 0 aliphatic rings. The predicted octanol–water partition coefficient (Wildman–Crippen LogP) is 5.20. The van der Waals surface area contributed by atoms with Crippen molar-refractivity contribution in [2.45, 2.75) is 10.6 Å². The highest BCUT2D eigenvalue weighted by Gasteiger charge is 2.34. The molecule has 0 saturated carbocycles.